The third kappa shape index (κ3) is 3.29. The summed E-state index contributed by atoms with van der Waals surface area (Å²) in [4.78, 5) is 12.9. The van der Waals surface area contributed by atoms with E-state index in [-0.39, 0.29) is 23.7 Å². The minimum atomic E-state index is -1.66. The van der Waals surface area contributed by atoms with Crippen LogP contribution in [-0.2, 0) is 16.8 Å². The standard InChI is InChI=1S/C27H24N2O5/c1-34-20-14-12-18(13-15-20)23-21-22(25(31)29(24(21)30)19-10-6-3-7-11-19)27(28-23,26(32)33)16-17-8-4-2-5-9-17/h2-15,23,28,30-31H,16H2,1H3,(H,32,33)/t23-,27-/m0/s1. The van der Waals surface area contributed by atoms with Crippen molar-refractivity contribution in [2.75, 3.05) is 7.11 Å². The molecule has 0 saturated heterocycles. The number of benzene rings is 3. The molecule has 7 nitrogen and oxygen atoms in total. The molecule has 0 saturated carbocycles. The molecule has 0 bridgehead atoms. The van der Waals surface area contributed by atoms with Gasteiger partial charge in [-0.1, -0.05) is 60.7 Å². The Morgan fingerprint density at radius 3 is 2.15 bits per heavy atom. The van der Waals surface area contributed by atoms with Crippen LogP contribution in [0.3, 0.4) is 0 Å². The van der Waals surface area contributed by atoms with Gasteiger partial charge in [0.15, 0.2) is 5.54 Å². The fraction of sp³-hybridized carbons (Fsp3) is 0.148. The maximum absolute atomic E-state index is 12.9. The van der Waals surface area contributed by atoms with Crippen molar-refractivity contribution in [2.24, 2.45) is 0 Å². The molecule has 1 aliphatic heterocycles. The van der Waals surface area contributed by atoms with Crippen molar-refractivity contribution in [3.8, 4) is 23.2 Å². The quantitative estimate of drug-likeness (QED) is 0.348. The maximum Gasteiger partial charge on any atom is 0.329 e. The van der Waals surface area contributed by atoms with Gasteiger partial charge >= 0.3 is 5.97 Å². The molecule has 7 heteroatoms. The number of ether oxygens (including phenoxy) is 1. The molecule has 0 radical (unpaired) electrons. The third-order valence-electron chi connectivity index (χ3n) is 6.40. The number of para-hydroxylation sites is 1. The number of aromatic hydroxyl groups is 2. The molecule has 4 aromatic rings. The van der Waals surface area contributed by atoms with Gasteiger partial charge in [0.05, 0.1) is 24.4 Å². The molecule has 4 N–H and O–H groups in total. The fourth-order valence-electron chi connectivity index (χ4n) is 4.80. The summed E-state index contributed by atoms with van der Waals surface area (Å²) in [5.41, 5.74) is 0.877. The Hall–Kier alpha value is -4.23. The molecular formula is C27H24N2O5. The molecule has 3 aromatic carbocycles. The van der Waals surface area contributed by atoms with Gasteiger partial charge in [-0.3, -0.25) is 9.88 Å². The number of nitrogens with zero attached hydrogens (tertiary/aromatic N) is 1. The van der Waals surface area contributed by atoms with E-state index >= 15 is 0 Å². The summed E-state index contributed by atoms with van der Waals surface area (Å²) in [6.45, 7) is 0. The van der Waals surface area contributed by atoms with Crippen molar-refractivity contribution in [3.05, 3.63) is 107 Å². The average molecular weight is 456 g/mol. The Balaban J connectivity index is 1.75. The van der Waals surface area contributed by atoms with Crippen LogP contribution < -0.4 is 10.1 Å². The summed E-state index contributed by atoms with van der Waals surface area (Å²) in [5.74, 6) is -0.998. The highest BCUT2D eigenvalue weighted by Gasteiger charge is 2.55. The van der Waals surface area contributed by atoms with Crippen LogP contribution in [0.5, 0.6) is 17.5 Å². The second kappa shape index (κ2) is 8.28. The normalized spacial score (nSPS) is 19.0. The van der Waals surface area contributed by atoms with Gasteiger partial charge in [-0.25, -0.2) is 4.79 Å². The number of carboxylic acid groups (broad SMARTS) is 1. The Kier molecular flexibility index (Phi) is 5.26. The topological polar surface area (TPSA) is 104 Å². The lowest BCUT2D eigenvalue weighted by atomic mass is 9.85. The van der Waals surface area contributed by atoms with Gasteiger partial charge in [0.2, 0.25) is 11.8 Å². The number of carboxylic acids is 1. The Morgan fingerprint density at radius 2 is 1.56 bits per heavy atom. The van der Waals surface area contributed by atoms with E-state index < -0.39 is 17.6 Å². The van der Waals surface area contributed by atoms with Crippen LogP contribution in [0.25, 0.3) is 5.69 Å². The molecule has 0 aliphatic carbocycles. The zero-order chi connectivity index (χ0) is 23.9. The van der Waals surface area contributed by atoms with Crippen LogP contribution in [-0.4, -0.2) is 33.0 Å². The van der Waals surface area contributed by atoms with E-state index in [0.717, 1.165) is 11.1 Å². The van der Waals surface area contributed by atoms with E-state index in [4.69, 9.17) is 4.74 Å². The van der Waals surface area contributed by atoms with Crippen LogP contribution in [0.2, 0.25) is 0 Å². The van der Waals surface area contributed by atoms with Crippen molar-refractivity contribution in [2.45, 2.75) is 18.0 Å². The first-order valence-corrected chi connectivity index (χ1v) is 10.9. The summed E-state index contributed by atoms with van der Waals surface area (Å²) in [7, 11) is 1.57. The largest absolute Gasteiger partial charge is 0.497 e. The van der Waals surface area contributed by atoms with E-state index in [9.17, 15) is 20.1 Å². The molecule has 0 unspecified atom stereocenters. The van der Waals surface area contributed by atoms with Gasteiger partial charge in [-0.15, -0.1) is 0 Å². The Morgan fingerprint density at radius 1 is 0.941 bits per heavy atom. The molecule has 0 amide bonds. The molecule has 2 heterocycles. The molecule has 0 spiro atoms. The first-order chi connectivity index (χ1) is 16.5. The van der Waals surface area contributed by atoms with Gasteiger partial charge in [0, 0.05) is 12.0 Å². The molecule has 1 aliphatic rings. The summed E-state index contributed by atoms with van der Waals surface area (Å²) in [5, 5.41) is 36.5. The van der Waals surface area contributed by atoms with E-state index in [2.05, 4.69) is 5.32 Å². The smallest absolute Gasteiger partial charge is 0.329 e. The third-order valence-corrected chi connectivity index (χ3v) is 6.40. The second-order valence-corrected chi connectivity index (χ2v) is 8.33. The van der Waals surface area contributed by atoms with Gasteiger partial charge in [0.1, 0.15) is 5.75 Å². The monoisotopic (exact) mass is 456 g/mol. The van der Waals surface area contributed by atoms with Gasteiger partial charge in [0.25, 0.3) is 0 Å². The lowest BCUT2D eigenvalue weighted by Crippen LogP contribution is -2.48. The number of nitrogens with one attached hydrogen (secondary N) is 1. The molecule has 0 fully saturated rings. The van der Waals surface area contributed by atoms with Crippen LogP contribution in [0.15, 0.2) is 84.9 Å². The van der Waals surface area contributed by atoms with Crippen LogP contribution in [0.4, 0.5) is 0 Å². The minimum Gasteiger partial charge on any atom is -0.497 e. The van der Waals surface area contributed by atoms with Crippen molar-refractivity contribution < 1.29 is 24.9 Å². The lowest BCUT2D eigenvalue weighted by Gasteiger charge is -2.28. The maximum atomic E-state index is 12.9. The highest BCUT2D eigenvalue weighted by Crippen LogP contribution is 2.53. The Bertz CT molecular complexity index is 1330. The number of hydrogen-bond acceptors (Lipinski definition) is 5. The number of carbonyl (C=O) groups is 1. The number of rotatable bonds is 6. The lowest BCUT2D eigenvalue weighted by molar-refractivity contribution is -0.145. The summed E-state index contributed by atoms with van der Waals surface area (Å²) < 4.78 is 6.55. The first kappa shape index (κ1) is 21.6. The SMILES string of the molecule is COc1ccc([C@@H]2N[C@](Cc3ccccc3)(C(=O)O)c3c2c(O)n(-c2ccccc2)c3O)cc1. The van der Waals surface area contributed by atoms with Gasteiger partial charge in [-0.2, -0.15) is 0 Å². The molecule has 2 atom stereocenters. The predicted molar refractivity (Wildman–Crippen MR) is 127 cm³/mol. The fourth-order valence-corrected chi connectivity index (χ4v) is 4.80. The van der Waals surface area contributed by atoms with Crippen molar-refractivity contribution in [1.29, 1.82) is 0 Å². The highest BCUT2D eigenvalue weighted by atomic mass is 16.5. The molecule has 1 aromatic heterocycles. The average Bonchev–Trinajstić information content (AvgIpc) is 3.34. The van der Waals surface area contributed by atoms with E-state index in [1.165, 1.54) is 4.57 Å². The van der Waals surface area contributed by atoms with E-state index in [1.807, 2.05) is 48.5 Å². The first-order valence-electron chi connectivity index (χ1n) is 10.9. The Labute approximate surface area is 196 Å². The van der Waals surface area contributed by atoms with Crippen molar-refractivity contribution >= 4 is 5.97 Å². The van der Waals surface area contributed by atoms with Crippen LogP contribution in [0, 0.1) is 0 Å². The number of aliphatic carboxylic acids is 1. The zero-order valence-electron chi connectivity index (χ0n) is 18.5. The molecular weight excluding hydrogens is 432 g/mol. The van der Waals surface area contributed by atoms with E-state index in [1.54, 1.807) is 43.5 Å². The number of fused-ring (bicyclic) bond motifs is 1. The molecule has 5 rings (SSSR count). The summed E-state index contributed by atoms with van der Waals surface area (Å²) in [6.07, 6.45) is 0.0780. The zero-order valence-corrected chi connectivity index (χ0v) is 18.5. The molecule has 172 valence electrons. The minimum absolute atomic E-state index is 0.0780. The van der Waals surface area contributed by atoms with Crippen LogP contribution >= 0.6 is 0 Å². The summed E-state index contributed by atoms with van der Waals surface area (Å²) in [6, 6.07) is 24.6. The highest BCUT2D eigenvalue weighted by molar-refractivity contribution is 5.86. The number of methoxy groups -OCH3 is 1. The van der Waals surface area contributed by atoms with Gasteiger partial charge in [-0.05, 0) is 35.4 Å². The number of aromatic nitrogens is 1. The molecule has 34 heavy (non-hydrogen) atoms. The van der Waals surface area contributed by atoms with Crippen molar-refractivity contribution in [3.63, 3.8) is 0 Å². The number of hydrogen-bond donors (Lipinski definition) is 4. The van der Waals surface area contributed by atoms with Gasteiger partial charge < -0.3 is 20.1 Å². The van der Waals surface area contributed by atoms with E-state index in [0.29, 0.717) is 17.0 Å². The second-order valence-electron chi connectivity index (χ2n) is 8.33. The van der Waals surface area contributed by atoms with Crippen molar-refractivity contribution in [1.82, 2.24) is 9.88 Å². The predicted octanol–water partition coefficient (Wildman–Crippen LogP) is 4.11. The summed E-state index contributed by atoms with van der Waals surface area (Å²) >= 11 is 0. The van der Waals surface area contributed by atoms with Crippen LogP contribution in [0.1, 0.15) is 28.3 Å².